The molecule has 1 aromatic carbocycles. The minimum Gasteiger partial charge on any atom is -0.268 e. The topological polar surface area (TPSA) is 22.0 Å². The molecule has 0 saturated heterocycles. The fourth-order valence-electron chi connectivity index (χ4n) is 1.45. The van der Waals surface area contributed by atoms with E-state index in [0.29, 0.717) is 5.92 Å². The third kappa shape index (κ3) is 2.02. The highest BCUT2D eigenvalue weighted by molar-refractivity contribution is 7.04. The van der Waals surface area contributed by atoms with Crippen molar-refractivity contribution in [3.8, 4) is 5.69 Å². The van der Waals surface area contributed by atoms with E-state index in [0.717, 1.165) is 5.69 Å². The molecule has 0 unspecified atom stereocenters. The van der Waals surface area contributed by atoms with Crippen molar-refractivity contribution >= 4 is 11.5 Å². The fraction of sp³-hybridized carbons (Fsp3) is 0.250. The highest BCUT2D eigenvalue weighted by atomic mass is 32.1. The Balaban J connectivity index is 2.40. The predicted octanol–water partition coefficient (Wildman–Crippen LogP) is 3.02. The molecule has 1 aromatic heterocycles. The van der Waals surface area contributed by atoms with Crippen molar-refractivity contribution in [2.45, 2.75) is 19.8 Å². The smallest absolute Gasteiger partial charge is 0.265 e. The molecule has 0 atom stereocenters. The van der Waals surface area contributed by atoms with Gasteiger partial charge in [-0.2, -0.15) is 0 Å². The number of hydrogen-bond acceptors (Lipinski definition) is 2. The molecule has 0 bridgehead atoms. The maximum Gasteiger partial charge on any atom is 0.265 e. The van der Waals surface area contributed by atoms with Gasteiger partial charge in [0.25, 0.3) is 5.56 Å². The van der Waals surface area contributed by atoms with Gasteiger partial charge in [0, 0.05) is 11.4 Å². The monoisotopic (exact) mass is 219 g/mol. The summed E-state index contributed by atoms with van der Waals surface area (Å²) in [5.74, 6) is 0.527. The zero-order chi connectivity index (χ0) is 10.8. The lowest BCUT2D eigenvalue weighted by atomic mass is 10.0. The SMILES string of the molecule is CC(C)c1ccc(-n2sccc2=O)cc1. The second-order valence-corrected chi connectivity index (χ2v) is 4.64. The number of rotatable bonds is 2. The third-order valence-electron chi connectivity index (χ3n) is 2.37. The van der Waals surface area contributed by atoms with E-state index < -0.39 is 0 Å². The van der Waals surface area contributed by atoms with Crippen LogP contribution in [0.1, 0.15) is 25.3 Å². The molecule has 1 heterocycles. The maximum atomic E-state index is 11.4. The lowest BCUT2D eigenvalue weighted by Crippen LogP contribution is -2.09. The molecular weight excluding hydrogens is 206 g/mol. The van der Waals surface area contributed by atoms with Gasteiger partial charge < -0.3 is 0 Å². The van der Waals surface area contributed by atoms with Crippen molar-refractivity contribution in [3.63, 3.8) is 0 Å². The van der Waals surface area contributed by atoms with E-state index >= 15 is 0 Å². The molecule has 0 amide bonds. The van der Waals surface area contributed by atoms with Crippen LogP contribution in [-0.4, -0.2) is 3.96 Å². The number of aromatic nitrogens is 1. The summed E-state index contributed by atoms with van der Waals surface area (Å²) in [4.78, 5) is 11.4. The largest absolute Gasteiger partial charge is 0.268 e. The van der Waals surface area contributed by atoms with Crippen LogP contribution >= 0.6 is 11.5 Å². The quantitative estimate of drug-likeness (QED) is 0.761. The van der Waals surface area contributed by atoms with Crippen molar-refractivity contribution in [2.24, 2.45) is 0 Å². The van der Waals surface area contributed by atoms with Crippen molar-refractivity contribution in [1.29, 1.82) is 0 Å². The molecule has 78 valence electrons. The lowest BCUT2D eigenvalue weighted by Gasteiger charge is -2.06. The maximum absolute atomic E-state index is 11.4. The molecule has 2 nitrogen and oxygen atoms in total. The standard InChI is InChI=1S/C12H13NOS/c1-9(2)10-3-5-11(6-4-10)13-12(14)7-8-15-13/h3-9H,1-2H3. The normalized spacial score (nSPS) is 10.9. The van der Waals surface area contributed by atoms with Crippen LogP contribution in [0.4, 0.5) is 0 Å². The van der Waals surface area contributed by atoms with E-state index in [4.69, 9.17) is 0 Å². The number of benzene rings is 1. The summed E-state index contributed by atoms with van der Waals surface area (Å²) in [5, 5.41) is 1.80. The molecule has 0 radical (unpaired) electrons. The Bertz CT molecular complexity index is 493. The first kappa shape index (κ1) is 10.2. The molecular formula is C12H13NOS. The molecule has 0 aliphatic rings. The van der Waals surface area contributed by atoms with Gasteiger partial charge in [0.15, 0.2) is 0 Å². The van der Waals surface area contributed by atoms with Crippen LogP contribution in [0.5, 0.6) is 0 Å². The van der Waals surface area contributed by atoms with Crippen molar-refractivity contribution in [2.75, 3.05) is 0 Å². The number of nitrogens with zero attached hydrogens (tertiary/aromatic N) is 1. The predicted molar refractivity (Wildman–Crippen MR) is 64.0 cm³/mol. The van der Waals surface area contributed by atoms with Gasteiger partial charge in [-0.25, -0.2) is 3.96 Å². The summed E-state index contributed by atoms with van der Waals surface area (Å²) in [5.41, 5.74) is 2.28. The average Bonchev–Trinajstić information content (AvgIpc) is 2.65. The summed E-state index contributed by atoms with van der Waals surface area (Å²) in [7, 11) is 0. The summed E-state index contributed by atoms with van der Waals surface area (Å²) in [6, 6.07) is 9.72. The van der Waals surface area contributed by atoms with Crippen LogP contribution in [-0.2, 0) is 0 Å². The highest BCUT2D eigenvalue weighted by Crippen LogP contribution is 2.16. The Morgan fingerprint density at radius 3 is 2.27 bits per heavy atom. The van der Waals surface area contributed by atoms with Crippen molar-refractivity contribution in [1.82, 2.24) is 3.96 Å². The van der Waals surface area contributed by atoms with Gasteiger partial charge in [-0.15, -0.1) is 0 Å². The number of hydrogen-bond donors (Lipinski definition) is 0. The zero-order valence-electron chi connectivity index (χ0n) is 8.81. The third-order valence-corrected chi connectivity index (χ3v) is 3.23. The van der Waals surface area contributed by atoms with E-state index in [-0.39, 0.29) is 5.56 Å². The molecule has 0 saturated carbocycles. The minimum atomic E-state index is 0.0392. The average molecular weight is 219 g/mol. The Labute approximate surface area is 93.0 Å². The molecule has 3 heteroatoms. The van der Waals surface area contributed by atoms with Crippen LogP contribution in [0.3, 0.4) is 0 Å². The van der Waals surface area contributed by atoms with Crippen molar-refractivity contribution < 1.29 is 0 Å². The second-order valence-electron chi connectivity index (χ2n) is 3.79. The van der Waals surface area contributed by atoms with E-state index in [2.05, 4.69) is 26.0 Å². The summed E-state index contributed by atoms with van der Waals surface area (Å²) >= 11 is 1.42. The van der Waals surface area contributed by atoms with Gasteiger partial charge in [-0.3, -0.25) is 4.79 Å². The molecule has 2 aromatic rings. The Morgan fingerprint density at radius 2 is 1.80 bits per heavy atom. The van der Waals surface area contributed by atoms with E-state index in [1.807, 2.05) is 12.1 Å². The van der Waals surface area contributed by atoms with E-state index in [1.54, 1.807) is 15.4 Å². The summed E-state index contributed by atoms with van der Waals surface area (Å²) < 4.78 is 1.68. The van der Waals surface area contributed by atoms with Crippen LogP contribution in [0.25, 0.3) is 5.69 Å². The lowest BCUT2D eigenvalue weighted by molar-refractivity contribution is 0.865. The zero-order valence-corrected chi connectivity index (χ0v) is 9.62. The van der Waals surface area contributed by atoms with Gasteiger partial charge in [0.1, 0.15) is 0 Å². The summed E-state index contributed by atoms with van der Waals surface area (Å²) in [6.07, 6.45) is 0. The Hall–Kier alpha value is -1.35. The van der Waals surface area contributed by atoms with Crippen LogP contribution in [0, 0.1) is 0 Å². The fourth-order valence-corrected chi connectivity index (χ4v) is 2.16. The Morgan fingerprint density at radius 1 is 1.13 bits per heavy atom. The molecule has 0 fully saturated rings. The van der Waals surface area contributed by atoms with Crippen LogP contribution in [0.15, 0.2) is 40.5 Å². The first-order valence-electron chi connectivity index (χ1n) is 4.96. The van der Waals surface area contributed by atoms with Gasteiger partial charge in [0.05, 0.1) is 5.69 Å². The van der Waals surface area contributed by atoms with Crippen LogP contribution < -0.4 is 5.56 Å². The van der Waals surface area contributed by atoms with Crippen LogP contribution in [0.2, 0.25) is 0 Å². The first-order chi connectivity index (χ1) is 7.18. The second kappa shape index (κ2) is 4.03. The first-order valence-corrected chi connectivity index (χ1v) is 5.79. The molecule has 0 spiro atoms. The molecule has 15 heavy (non-hydrogen) atoms. The minimum absolute atomic E-state index is 0.0392. The van der Waals surface area contributed by atoms with Gasteiger partial charge in [-0.05, 0) is 23.6 Å². The van der Waals surface area contributed by atoms with Crippen molar-refractivity contribution in [3.05, 3.63) is 51.6 Å². The van der Waals surface area contributed by atoms with E-state index in [9.17, 15) is 4.79 Å². The highest BCUT2D eigenvalue weighted by Gasteiger charge is 2.02. The van der Waals surface area contributed by atoms with Gasteiger partial charge in [-0.1, -0.05) is 37.5 Å². The van der Waals surface area contributed by atoms with E-state index in [1.165, 1.54) is 17.1 Å². The molecule has 2 rings (SSSR count). The van der Waals surface area contributed by atoms with Gasteiger partial charge in [0.2, 0.25) is 0 Å². The Kier molecular flexibility index (Phi) is 2.73. The molecule has 0 aliphatic carbocycles. The molecule has 0 N–H and O–H groups in total. The summed E-state index contributed by atoms with van der Waals surface area (Å²) in [6.45, 7) is 4.32. The van der Waals surface area contributed by atoms with Gasteiger partial charge >= 0.3 is 0 Å². The molecule has 0 aliphatic heterocycles.